The van der Waals surface area contributed by atoms with Crippen molar-refractivity contribution in [3.05, 3.63) is 46.2 Å². The molecule has 4 rings (SSSR count). The lowest BCUT2D eigenvalue weighted by Crippen LogP contribution is -2.29. The second-order valence-corrected chi connectivity index (χ2v) is 11.7. The van der Waals surface area contributed by atoms with Crippen LogP contribution in [-0.2, 0) is 26.7 Å². The third kappa shape index (κ3) is 8.38. The van der Waals surface area contributed by atoms with Gasteiger partial charge in [-0.2, -0.15) is 28.2 Å². The summed E-state index contributed by atoms with van der Waals surface area (Å²) in [5.41, 5.74) is 2.00. The predicted octanol–water partition coefficient (Wildman–Crippen LogP) is 2.75. The van der Waals surface area contributed by atoms with Gasteiger partial charge in [0.05, 0.1) is 12.9 Å². The number of sulfonamides is 1. The van der Waals surface area contributed by atoms with Gasteiger partial charge in [0.2, 0.25) is 0 Å². The third-order valence-electron chi connectivity index (χ3n) is 5.03. The van der Waals surface area contributed by atoms with Crippen molar-refractivity contribution in [1.29, 1.82) is 0 Å². The van der Waals surface area contributed by atoms with Gasteiger partial charge in [0.25, 0.3) is 20.1 Å². The van der Waals surface area contributed by atoms with E-state index in [1.54, 1.807) is 5.38 Å². The van der Waals surface area contributed by atoms with Gasteiger partial charge in [-0.15, -0.1) is 4.40 Å². The standard InChI is InChI=1S/C20H25N3O3S2.CH4O3S/c24-28(25)19-15-27-14-18(19)20(22-28)21-9-4-12-26-17-7-5-16(6-8-17)13-23-10-2-1-3-11-23;1-5(2,3)4/h5-8,14-15H,1-4,9-13H2,(H,21,22);1H3,(H,2,3,4). The summed E-state index contributed by atoms with van der Waals surface area (Å²) < 4.78 is 59.3. The van der Waals surface area contributed by atoms with Crippen LogP contribution in [0.15, 0.2) is 44.3 Å². The van der Waals surface area contributed by atoms with Gasteiger partial charge in [-0.25, -0.2) is 0 Å². The molecule has 0 atom stereocenters. The fourth-order valence-corrected chi connectivity index (χ4v) is 5.90. The molecular weight excluding hydrogens is 486 g/mol. The number of fused-ring (bicyclic) bond motifs is 1. The molecule has 0 amide bonds. The van der Waals surface area contributed by atoms with Crippen LogP contribution in [0.3, 0.4) is 0 Å². The average molecular weight is 516 g/mol. The summed E-state index contributed by atoms with van der Waals surface area (Å²) in [4.78, 5) is 2.82. The number of nitrogens with zero attached hydrogens (tertiary/aromatic N) is 2. The Labute approximate surface area is 199 Å². The zero-order chi connectivity index (χ0) is 23.9. The number of ether oxygens (including phenoxy) is 1. The largest absolute Gasteiger partial charge is 0.494 e. The van der Waals surface area contributed by atoms with E-state index in [0.29, 0.717) is 35.7 Å². The topological polar surface area (TPSA) is 125 Å². The molecule has 0 aliphatic carbocycles. The Bertz CT molecular complexity index is 1140. The number of amidine groups is 1. The molecule has 0 radical (unpaired) electrons. The second-order valence-electron chi connectivity index (χ2n) is 7.91. The van der Waals surface area contributed by atoms with E-state index in [1.165, 1.54) is 49.3 Å². The van der Waals surface area contributed by atoms with Gasteiger partial charge in [-0.1, -0.05) is 18.6 Å². The zero-order valence-corrected chi connectivity index (χ0v) is 20.9. The van der Waals surface area contributed by atoms with E-state index < -0.39 is 20.1 Å². The normalized spacial score (nSPS) is 17.5. The number of hydrogen-bond acceptors (Lipinski definition) is 8. The predicted molar refractivity (Wildman–Crippen MR) is 129 cm³/mol. The van der Waals surface area contributed by atoms with Crippen LogP contribution < -0.4 is 10.1 Å². The Morgan fingerprint density at radius 3 is 2.48 bits per heavy atom. The van der Waals surface area contributed by atoms with Crippen LogP contribution in [0.5, 0.6) is 5.75 Å². The number of likely N-dealkylation sites (tertiary alicyclic amines) is 1. The number of hydrogen-bond donors (Lipinski definition) is 2. The summed E-state index contributed by atoms with van der Waals surface area (Å²) in [7, 11) is -7.18. The fraction of sp³-hybridized carbons (Fsp3) is 0.476. The van der Waals surface area contributed by atoms with Gasteiger partial charge in [-0.3, -0.25) is 9.45 Å². The molecule has 2 aliphatic heterocycles. The van der Waals surface area contributed by atoms with E-state index >= 15 is 0 Å². The molecular formula is C21H29N3O6S3. The maximum atomic E-state index is 11.9. The fourth-order valence-electron chi connectivity index (χ4n) is 3.54. The van der Waals surface area contributed by atoms with Gasteiger partial charge in [0.1, 0.15) is 16.5 Å². The van der Waals surface area contributed by atoms with E-state index in [9.17, 15) is 16.8 Å². The van der Waals surface area contributed by atoms with Gasteiger partial charge >= 0.3 is 0 Å². The summed E-state index contributed by atoms with van der Waals surface area (Å²) in [5, 5.41) is 6.55. The highest BCUT2D eigenvalue weighted by Gasteiger charge is 2.29. The first-order chi connectivity index (χ1) is 15.6. The number of piperidine rings is 1. The monoisotopic (exact) mass is 515 g/mol. The number of thiophene rings is 1. The van der Waals surface area contributed by atoms with E-state index in [0.717, 1.165) is 18.7 Å². The number of rotatable bonds is 7. The smallest absolute Gasteiger partial charge is 0.285 e. The van der Waals surface area contributed by atoms with Crippen molar-refractivity contribution in [1.82, 2.24) is 10.2 Å². The van der Waals surface area contributed by atoms with Crippen molar-refractivity contribution < 1.29 is 26.1 Å². The minimum atomic E-state index is -3.67. The Morgan fingerprint density at radius 1 is 1.15 bits per heavy atom. The third-order valence-corrected chi connectivity index (χ3v) is 7.24. The molecule has 12 heteroatoms. The lowest BCUT2D eigenvalue weighted by atomic mass is 10.1. The van der Waals surface area contributed by atoms with E-state index in [-0.39, 0.29) is 0 Å². The van der Waals surface area contributed by atoms with Crippen LogP contribution in [0, 0.1) is 0 Å². The highest BCUT2D eigenvalue weighted by atomic mass is 32.2. The van der Waals surface area contributed by atoms with Crippen LogP contribution in [0.25, 0.3) is 0 Å². The van der Waals surface area contributed by atoms with Crippen LogP contribution >= 0.6 is 11.3 Å². The molecule has 3 heterocycles. The molecule has 0 bridgehead atoms. The highest BCUT2D eigenvalue weighted by Crippen LogP contribution is 2.28. The molecule has 0 saturated carbocycles. The van der Waals surface area contributed by atoms with Crippen molar-refractivity contribution in [2.24, 2.45) is 4.40 Å². The molecule has 0 unspecified atom stereocenters. The quantitative estimate of drug-likeness (QED) is 0.426. The Morgan fingerprint density at radius 2 is 1.82 bits per heavy atom. The molecule has 1 fully saturated rings. The Kier molecular flexibility index (Phi) is 8.88. The van der Waals surface area contributed by atoms with Gasteiger partial charge in [0, 0.05) is 29.4 Å². The summed E-state index contributed by atoms with van der Waals surface area (Å²) in [6.07, 6.45) is 5.44. The van der Waals surface area contributed by atoms with E-state index in [1.807, 2.05) is 17.5 Å². The molecule has 1 aromatic heterocycles. The van der Waals surface area contributed by atoms with Crippen LogP contribution in [0.4, 0.5) is 0 Å². The first-order valence-corrected chi connectivity index (χ1v) is 14.9. The van der Waals surface area contributed by atoms with Gasteiger partial charge in [-0.05, 0) is 50.0 Å². The molecule has 1 saturated heterocycles. The lowest BCUT2D eigenvalue weighted by molar-refractivity contribution is 0.221. The lowest BCUT2D eigenvalue weighted by Gasteiger charge is -2.26. The van der Waals surface area contributed by atoms with Crippen molar-refractivity contribution in [2.45, 2.75) is 37.1 Å². The average Bonchev–Trinajstić information content (AvgIpc) is 3.32. The van der Waals surface area contributed by atoms with Crippen molar-refractivity contribution >= 4 is 37.3 Å². The summed E-state index contributed by atoms with van der Waals surface area (Å²) in [5.74, 6) is 1.31. The molecule has 9 nitrogen and oxygen atoms in total. The van der Waals surface area contributed by atoms with E-state index in [2.05, 4.69) is 26.7 Å². The van der Waals surface area contributed by atoms with Crippen LogP contribution in [0.1, 0.15) is 36.8 Å². The first kappa shape index (κ1) is 25.6. The first-order valence-electron chi connectivity index (χ1n) is 10.6. The SMILES string of the molecule is CS(=O)(=O)O.O=S1(=O)N=C(NCCCOc2ccc(CN3CCCCC3)cc2)c2cscc21. The highest BCUT2D eigenvalue weighted by molar-refractivity contribution is 7.91. The number of nitrogens with one attached hydrogen (secondary N) is 1. The maximum Gasteiger partial charge on any atom is 0.285 e. The molecule has 2 aliphatic rings. The summed E-state index contributed by atoms with van der Waals surface area (Å²) in [6.45, 7) is 4.58. The Balaban J connectivity index is 0.000000555. The van der Waals surface area contributed by atoms with Crippen molar-refractivity contribution in [3.63, 3.8) is 0 Å². The van der Waals surface area contributed by atoms with Crippen molar-refractivity contribution in [3.8, 4) is 5.75 Å². The molecule has 33 heavy (non-hydrogen) atoms. The summed E-state index contributed by atoms with van der Waals surface area (Å²) in [6, 6.07) is 8.33. The number of benzene rings is 1. The van der Waals surface area contributed by atoms with Crippen LogP contribution in [0.2, 0.25) is 0 Å². The maximum absolute atomic E-state index is 11.9. The zero-order valence-electron chi connectivity index (χ0n) is 18.4. The molecule has 2 aromatic rings. The molecule has 1 aromatic carbocycles. The molecule has 182 valence electrons. The molecule has 0 spiro atoms. The van der Waals surface area contributed by atoms with Gasteiger partial charge < -0.3 is 10.1 Å². The minimum Gasteiger partial charge on any atom is -0.494 e. The van der Waals surface area contributed by atoms with Crippen molar-refractivity contribution in [2.75, 3.05) is 32.5 Å². The second kappa shape index (κ2) is 11.4. The summed E-state index contributed by atoms with van der Waals surface area (Å²) >= 11 is 1.37. The Hall–Kier alpha value is -1.99. The van der Waals surface area contributed by atoms with Crippen LogP contribution in [-0.4, -0.2) is 64.6 Å². The minimum absolute atomic E-state index is 0.306. The van der Waals surface area contributed by atoms with Gasteiger partial charge in [0.15, 0.2) is 0 Å². The van der Waals surface area contributed by atoms with E-state index in [4.69, 9.17) is 9.29 Å². The molecule has 2 N–H and O–H groups in total.